The Morgan fingerprint density at radius 2 is 2.00 bits per heavy atom. The van der Waals surface area contributed by atoms with Gasteiger partial charge in [0.15, 0.2) is 0 Å². The molecule has 1 aliphatic heterocycles. The number of aromatic nitrogens is 1. The van der Waals surface area contributed by atoms with Crippen LogP contribution in [-0.2, 0) is 27.3 Å². The van der Waals surface area contributed by atoms with Crippen LogP contribution in [0.15, 0.2) is 35.7 Å². The average Bonchev–Trinajstić information content (AvgIpc) is 3.13. The fourth-order valence-corrected chi connectivity index (χ4v) is 4.24. The van der Waals surface area contributed by atoms with Crippen molar-refractivity contribution in [2.24, 2.45) is 5.92 Å². The number of thiazole rings is 1. The molecule has 0 bridgehead atoms. The number of rotatable bonds is 8. The highest BCUT2D eigenvalue weighted by atomic mass is 32.1. The molecule has 3 rings (SSSR count). The summed E-state index contributed by atoms with van der Waals surface area (Å²) in [7, 11) is 0. The third-order valence-electron chi connectivity index (χ3n) is 5.18. The molecule has 1 saturated heterocycles. The summed E-state index contributed by atoms with van der Waals surface area (Å²) in [5.41, 5.74) is 2.10. The highest BCUT2D eigenvalue weighted by Crippen LogP contribution is 2.20. The van der Waals surface area contributed by atoms with Crippen molar-refractivity contribution in [1.29, 1.82) is 0 Å². The lowest BCUT2D eigenvalue weighted by atomic mass is 9.95. The molecule has 1 aromatic carbocycles. The van der Waals surface area contributed by atoms with Gasteiger partial charge in [-0.25, -0.2) is 9.78 Å². The van der Waals surface area contributed by atoms with Gasteiger partial charge in [-0.1, -0.05) is 30.3 Å². The number of benzene rings is 1. The van der Waals surface area contributed by atoms with E-state index in [0.29, 0.717) is 13.0 Å². The smallest absolute Gasteiger partial charge is 0.328 e. The third kappa shape index (κ3) is 6.37. The number of hydrogen-bond donors (Lipinski definition) is 1. The van der Waals surface area contributed by atoms with Crippen LogP contribution in [0.5, 0.6) is 0 Å². The van der Waals surface area contributed by atoms with E-state index in [9.17, 15) is 9.59 Å². The molecule has 2 aromatic rings. The van der Waals surface area contributed by atoms with Gasteiger partial charge in [0.25, 0.3) is 0 Å². The summed E-state index contributed by atoms with van der Waals surface area (Å²) in [6.07, 6.45) is 2.01. The number of esters is 1. The van der Waals surface area contributed by atoms with Crippen LogP contribution in [0.1, 0.15) is 36.0 Å². The van der Waals surface area contributed by atoms with E-state index in [2.05, 4.69) is 20.6 Å². The Hall–Kier alpha value is -2.25. The number of amides is 1. The largest absolute Gasteiger partial charge is 0.464 e. The molecule has 1 atom stereocenters. The lowest BCUT2D eigenvalue weighted by Crippen LogP contribution is -2.48. The molecule has 2 heterocycles. The molecular formula is C22H29N3O3S. The molecule has 1 N–H and O–H groups in total. The molecule has 6 nitrogen and oxygen atoms in total. The standard InChI is InChI=1S/C22H29N3O3S/c1-3-28-22(27)20(13-17-7-5-4-6-8-17)24-21(26)18-9-11-25(12-10-18)14-19-15-29-16(2)23-19/h4-8,15,18,20H,3,9-14H2,1-2H3,(H,24,26). The van der Waals surface area contributed by atoms with Gasteiger partial charge in [-0.2, -0.15) is 0 Å². The molecule has 0 saturated carbocycles. The van der Waals surface area contributed by atoms with Crippen molar-refractivity contribution >= 4 is 23.2 Å². The first-order chi connectivity index (χ1) is 14.0. The normalized spacial score (nSPS) is 16.3. The Kier molecular flexibility index (Phi) is 7.77. The van der Waals surface area contributed by atoms with E-state index < -0.39 is 6.04 Å². The van der Waals surface area contributed by atoms with E-state index in [1.54, 1.807) is 18.3 Å². The highest BCUT2D eigenvalue weighted by molar-refractivity contribution is 7.09. The Morgan fingerprint density at radius 1 is 1.28 bits per heavy atom. The van der Waals surface area contributed by atoms with Gasteiger partial charge in [0.05, 0.1) is 17.3 Å². The van der Waals surface area contributed by atoms with Crippen LogP contribution in [0.25, 0.3) is 0 Å². The number of carbonyl (C=O) groups excluding carboxylic acids is 2. The van der Waals surface area contributed by atoms with E-state index in [1.165, 1.54) is 0 Å². The highest BCUT2D eigenvalue weighted by Gasteiger charge is 2.29. The first-order valence-corrected chi connectivity index (χ1v) is 11.1. The minimum atomic E-state index is -0.652. The molecule has 1 aromatic heterocycles. The molecule has 1 aliphatic rings. The Labute approximate surface area is 176 Å². The van der Waals surface area contributed by atoms with Gasteiger partial charge in [-0.05, 0) is 45.3 Å². The second-order valence-corrected chi connectivity index (χ2v) is 8.47. The maximum absolute atomic E-state index is 12.8. The number of nitrogens with zero attached hydrogens (tertiary/aromatic N) is 2. The predicted octanol–water partition coefficient (Wildman–Crippen LogP) is 2.95. The van der Waals surface area contributed by atoms with Gasteiger partial charge >= 0.3 is 5.97 Å². The fourth-order valence-electron chi connectivity index (χ4n) is 3.64. The summed E-state index contributed by atoms with van der Waals surface area (Å²) in [5.74, 6) is -0.500. The van der Waals surface area contributed by atoms with Gasteiger partial charge in [-0.15, -0.1) is 11.3 Å². The second kappa shape index (κ2) is 10.5. The molecule has 7 heteroatoms. The summed E-state index contributed by atoms with van der Waals surface area (Å²) in [5, 5.41) is 6.13. The van der Waals surface area contributed by atoms with Crippen LogP contribution in [0.3, 0.4) is 0 Å². The van der Waals surface area contributed by atoms with Crippen LogP contribution >= 0.6 is 11.3 Å². The summed E-state index contributed by atoms with van der Waals surface area (Å²) in [6.45, 7) is 6.64. The Balaban J connectivity index is 1.53. The van der Waals surface area contributed by atoms with Crippen molar-refractivity contribution in [3.63, 3.8) is 0 Å². The number of piperidine rings is 1. The summed E-state index contributed by atoms with van der Waals surface area (Å²) < 4.78 is 5.18. The van der Waals surface area contributed by atoms with Crippen molar-refractivity contribution in [2.75, 3.05) is 19.7 Å². The van der Waals surface area contributed by atoms with Crippen LogP contribution < -0.4 is 5.32 Å². The summed E-state index contributed by atoms with van der Waals surface area (Å²) in [6, 6.07) is 9.05. The van der Waals surface area contributed by atoms with Gasteiger partial charge < -0.3 is 10.1 Å². The first kappa shape index (κ1) is 21.5. The monoisotopic (exact) mass is 415 g/mol. The summed E-state index contributed by atoms with van der Waals surface area (Å²) in [4.78, 5) is 32.1. The second-order valence-electron chi connectivity index (χ2n) is 7.41. The molecule has 29 heavy (non-hydrogen) atoms. The summed E-state index contributed by atoms with van der Waals surface area (Å²) >= 11 is 1.67. The van der Waals surface area contributed by atoms with Crippen molar-refractivity contribution in [1.82, 2.24) is 15.2 Å². The number of aryl methyl sites for hydroxylation is 1. The molecule has 0 radical (unpaired) electrons. The van der Waals surface area contributed by atoms with E-state index in [4.69, 9.17) is 4.74 Å². The molecule has 1 fully saturated rings. The van der Waals surface area contributed by atoms with Crippen molar-refractivity contribution in [3.8, 4) is 0 Å². The van der Waals surface area contributed by atoms with E-state index in [0.717, 1.165) is 48.7 Å². The number of ether oxygens (including phenoxy) is 1. The Bertz CT molecular complexity index is 801. The third-order valence-corrected chi connectivity index (χ3v) is 6.00. The van der Waals surface area contributed by atoms with Crippen molar-refractivity contribution in [2.45, 2.75) is 45.7 Å². The van der Waals surface area contributed by atoms with Gasteiger partial charge in [0.1, 0.15) is 6.04 Å². The zero-order chi connectivity index (χ0) is 20.6. The van der Waals surface area contributed by atoms with E-state index >= 15 is 0 Å². The minimum Gasteiger partial charge on any atom is -0.464 e. The number of likely N-dealkylation sites (tertiary alicyclic amines) is 1. The molecule has 1 amide bonds. The average molecular weight is 416 g/mol. The van der Waals surface area contributed by atoms with Crippen LogP contribution in [0, 0.1) is 12.8 Å². The van der Waals surface area contributed by atoms with Crippen LogP contribution in [0.2, 0.25) is 0 Å². The molecular weight excluding hydrogens is 386 g/mol. The molecule has 0 aliphatic carbocycles. The zero-order valence-corrected chi connectivity index (χ0v) is 17.9. The van der Waals surface area contributed by atoms with E-state index in [-0.39, 0.29) is 17.8 Å². The fraction of sp³-hybridized carbons (Fsp3) is 0.500. The van der Waals surface area contributed by atoms with Crippen molar-refractivity contribution < 1.29 is 14.3 Å². The number of carbonyl (C=O) groups is 2. The maximum Gasteiger partial charge on any atom is 0.328 e. The molecule has 1 unspecified atom stereocenters. The van der Waals surface area contributed by atoms with Gasteiger partial charge in [0.2, 0.25) is 5.91 Å². The van der Waals surface area contributed by atoms with Crippen LogP contribution in [-0.4, -0.2) is 47.5 Å². The molecule has 0 spiro atoms. The van der Waals surface area contributed by atoms with Gasteiger partial charge in [-0.3, -0.25) is 9.69 Å². The zero-order valence-electron chi connectivity index (χ0n) is 17.1. The van der Waals surface area contributed by atoms with Crippen molar-refractivity contribution in [3.05, 3.63) is 52.0 Å². The lowest BCUT2D eigenvalue weighted by Gasteiger charge is -2.31. The van der Waals surface area contributed by atoms with Crippen LogP contribution in [0.4, 0.5) is 0 Å². The first-order valence-electron chi connectivity index (χ1n) is 10.2. The van der Waals surface area contributed by atoms with E-state index in [1.807, 2.05) is 37.3 Å². The predicted molar refractivity (Wildman–Crippen MR) is 114 cm³/mol. The lowest BCUT2D eigenvalue weighted by molar-refractivity contribution is -0.148. The minimum absolute atomic E-state index is 0.0527. The van der Waals surface area contributed by atoms with Gasteiger partial charge in [0, 0.05) is 24.3 Å². The Morgan fingerprint density at radius 3 is 2.62 bits per heavy atom. The number of hydrogen-bond acceptors (Lipinski definition) is 6. The maximum atomic E-state index is 12.8. The number of nitrogens with one attached hydrogen (secondary N) is 1. The SMILES string of the molecule is CCOC(=O)C(Cc1ccccc1)NC(=O)C1CCN(Cc2csc(C)n2)CC1. The topological polar surface area (TPSA) is 71.5 Å². The quantitative estimate of drug-likeness (QED) is 0.671. The molecule has 156 valence electrons.